The van der Waals surface area contributed by atoms with E-state index in [2.05, 4.69) is 28.7 Å². The second-order valence-corrected chi connectivity index (χ2v) is 15.5. The van der Waals surface area contributed by atoms with Crippen molar-refractivity contribution in [1.82, 2.24) is 25.2 Å². The van der Waals surface area contributed by atoms with E-state index in [-0.39, 0.29) is 30.9 Å². The van der Waals surface area contributed by atoms with Crippen molar-refractivity contribution in [3.63, 3.8) is 0 Å². The van der Waals surface area contributed by atoms with E-state index in [1.165, 1.54) is 4.90 Å². The molecule has 2 atom stereocenters. The molecule has 4 aliphatic rings. The van der Waals surface area contributed by atoms with Crippen LogP contribution in [0.3, 0.4) is 0 Å². The summed E-state index contributed by atoms with van der Waals surface area (Å²) < 4.78 is 37.0. The Kier molecular flexibility index (Phi) is 11.8. The van der Waals surface area contributed by atoms with E-state index in [1.54, 1.807) is 18.7 Å². The molecule has 3 N–H and O–H groups in total. The lowest BCUT2D eigenvalue weighted by molar-refractivity contribution is -0.138. The van der Waals surface area contributed by atoms with Gasteiger partial charge in [-0.15, -0.1) is 6.42 Å². The lowest BCUT2D eigenvalue weighted by Gasteiger charge is -2.26. The average molecular weight is 726 g/mol. The number of hydrogen-bond acceptors (Lipinski definition) is 9. The van der Waals surface area contributed by atoms with E-state index in [0.717, 1.165) is 42.4 Å². The SMILES string of the molecule is C#CC(=O)N1Cc2cccc(C=CCCC3(COC(=O)NCC(=O)N4CCCC4C(=O)NC(CCC)C(=O)NS(=O)(=O)OC4(C)CC4)CC3)c2C1. The molecule has 5 amide bonds. The predicted molar refractivity (Wildman–Crippen MR) is 186 cm³/mol. The summed E-state index contributed by atoms with van der Waals surface area (Å²) in [6, 6.07) is 3.98. The van der Waals surface area contributed by atoms with Crippen molar-refractivity contribution in [3.8, 4) is 12.3 Å². The van der Waals surface area contributed by atoms with Crippen LogP contribution >= 0.6 is 0 Å². The van der Waals surface area contributed by atoms with Gasteiger partial charge >= 0.3 is 16.4 Å². The van der Waals surface area contributed by atoms with Gasteiger partial charge in [0, 0.05) is 25.0 Å². The highest BCUT2D eigenvalue weighted by Crippen LogP contribution is 2.50. The van der Waals surface area contributed by atoms with Crippen LogP contribution in [0.4, 0.5) is 4.79 Å². The number of alkyl carbamates (subject to hydrolysis) is 1. The van der Waals surface area contributed by atoms with Crippen molar-refractivity contribution in [2.24, 2.45) is 5.41 Å². The maximum absolute atomic E-state index is 13.2. The topological polar surface area (TPSA) is 181 Å². The zero-order valence-electron chi connectivity index (χ0n) is 29.2. The Labute approximate surface area is 299 Å². The summed E-state index contributed by atoms with van der Waals surface area (Å²) in [7, 11) is -4.35. The second kappa shape index (κ2) is 15.9. The Bertz CT molecular complexity index is 1710. The number of rotatable bonds is 16. The fourth-order valence-corrected chi connectivity index (χ4v) is 7.63. The minimum absolute atomic E-state index is 0.110. The Balaban J connectivity index is 1.03. The van der Waals surface area contributed by atoms with Gasteiger partial charge in [-0.3, -0.25) is 19.2 Å². The molecule has 3 fully saturated rings. The van der Waals surface area contributed by atoms with E-state index >= 15 is 0 Å². The normalized spacial score (nSPS) is 20.2. The fraction of sp³-hybridized carbons (Fsp3) is 0.583. The molecule has 2 unspecified atom stereocenters. The number of carbonyl (C=O) groups excluding carboxylic acids is 5. The van der Waals surface area contributed by atoms with Gasteiger partial charge in [0.05, 0.1) is 12.2 Å². The molecule has 0 spiro atoms. The Morgan fingerprint density at radius 3 is 2.59 bits per heavy atom. The van der Waals surface area contributed by atoms with Gasteiger partial charge in [0.1, 0.15) is 18.6 Å². The standard InChI is InChI=1S/C36H47N5O9S/c1-4-10-28(32(44)39-51(47,48)50-35(3)16-17-35)38-33(45)29-14-9-20-41(29)31(43)21-37-34(46)49-24-36(18-19-36)15-7-6-11-25-12-8-13-26-22-40(23-27(25)26)30(42)5-2/h2,6,8,11-13,28-29H,4,7,9-10,14-24H2,1,3H3,(H,37,46)(H,38,45)(H,39,44). The van der Waals surface area contributed by atoms with Gasteiger partial charge in [-0.25, -0.2) is 13.7 Å². The highest BCUT2D eigenvalue weighted by atomic mass is 32.2. The third-order valence-corrected chi connectivity index (χ3v) is 11.1. The summed E-state index contributed by atoms with van der Waals surface area (Å²) in [5, 5.41) is 5.09. The van der Waals surface area contributed by atoms with Crippen LogP contribution in [0.2, 0.25) is 0 Å². The molecule has 0 aromatic heterocycles. The number of likely N-dealkylation sites (tertiary alicyclic amines) is 1. The number of nitrogens with zero attached hydrogens (tertiary/aromatic N) is 2. The number of nitrogens with one attached hydrogen (secondary N) is 3. The summed E-state index contributed by atoms with van der Waals surface area (Å²) in [4.78, 5) is 66.5. The molecule has 2 saturated carbocycles. The number of amides is 5. The Morgan fingerprint density at radius 1 is 1.14 bits per heavy atom. The molecule has 0 radical (unpaired) electrons. The number of terminal acetylenes is 1. The number of benzene rings is 1. The van der Waals surface area contributed by atoms with Crippen LogP contribution in [0.25, 0.3) is 6.08 Å². The minimum Gasteiger partial charge on any atom is -0.449 e. The lowest BCUT2D eigenvalue weighted by atomic mass is 9.99. The van der Waals surface area contributed by atoms with Gasteiger partial charge in [0.25, 0.3) is 11.8 Å². The van der Waals surface area contributed by atoms with Crippen molar-refractivity contribution in [2.75, 3.05) is 19.7 Å². The number of allylic oxidation sites excluding steroid dienone is 1. The molecular weight excluding hydrogens is 678 g/mol. The van der Waals surface area contributed by atoms with Crippen molar-refractivity contribution in [3.05, 3.63) is 41.0 Å². The monoisotopic (exact) mass is 725 g/mol. The highest BCUT2D eigenvalue weighted by Gasteiger charge is 2.45. The zero-order valence-corrected chi connectivity index (χ0v) is 30.0. The number of fused-ring (bicyclic) bond motifs is 1. The fourth-order valence-electron chi connectivity index (χ4n) is 6.50. The molecule has 2 heterocycles. The van der Waals surface area contributed by atoms with Crippen LogP contribution in [0.5, 0.6) is 0 Å². The number of hydrogen-bond donors (Lipinski definition) is 3. The van der Waals surface area contributed by atoms with Crippen molar-refractivity contribution in [1.29, 1.82) is 0 Å². The molecular formula is C36H47N5O9S. The first-order chi connectivity index (χ1) is 24.3. The van der Waals surface area contributed by atoms with Crippen LogP contribution in [-0.4, -0.2) is 85.3 Å². The smallest absolute Gasteiger partial charge is 0.407 e. The van der Waals surface area contributed by atoms with Gasteiger partial charge in [-0.2, -0.15) is 8.42 Å². The number of ether oxygens (including phenoxy) is 1. The first-order valence-electron chi connectivity index (χ1n) is 17.6. The molecule has 276 valence electrons. The van der Waals surface area contributed by atoms with Gasteiger partial charge in [0.2, 0.25) is 11.8 Å². The van der Waals surface area contributed by atoms with E-state index < -0.39 is 51.8 Å². The molecule has 1 aromatic carbocycles. The lowest BCUT2D eigenvalue weighted by Crippen LogP contribution is -2.54. The second-order valence-electron chi connectivity index (χ2n) is 14.2. The minimum atomic E-state index is -4.35. The van der Waals surface area contributed by atoms with Crippen molar-refractivity contribution < 1.29 is 41.3 Å². The molecule has 5 rings (SSSR count). The van der Waals surface area contributed by atoms with Crippen LogP contribution in [0.1, 0.15) is 94.7 Å². The van der Waals surface area contributed by atoms with Crippen LogP contribution in [0.15, 0.2) is 24.3 Å². The summed E-state index contributed by atoms with van der Waals surface area (Å²) >= 11 is 0. The zero-order chi connectivity index (χ0) is 36.8. The molecule has 51 heavy (non-hydrogen) atoms. The molecule has 1 aromatic rings. The molecule has 2 aliphatic carbocycles. The van der Waals surface area contributed by atoms with Gasteiger partial charge < -0.3 is 25.2 Å². The predicted octanol–water partition coefficient (Wildman–Crippen LogP) is 2.67. The molecule has 0 bridgehead atoms. The van der Waals surface area contributed by atoms with Crippen LogP contribution in [0, 0.1) is 17.8 Å². The van der Waals surface area contributed by atoms with Crippen LogP contribution < -0.4 is 15.4 Å². The van der Waals surface area contributed by atoms with Crippen molar-refractivity contribution in [2.45, 2.75) is 109 Å². The van der Waals surface area contributed by atoms with Crippen LogP contribution in [-0.2, 0) is 51.5 Å². The summed E-state index contributed by atoms with van der Waals surface area (Å²) in [6.45, 7) is 4.57. The van der Waals surface area contributed by atoms with Gasteiger partial charge in [-0.1, -0.05) is 43.7 Å². The summed E-state index contributed by atoms with van der Waals surface area (Å²) in [6.07, 6.45) is 14.9. The molecule has 14 nitrogen and oxygen atoms in total. The van der Waals surface area contributed by atoms with Crippen molar-refractivity contribution >= 4 is 46.1 Å². The highest BCUT2D eigenvalue weighted by molar-refractivity contribution is 7.85. The van der Waals surface area contributed by atoms with E-state index in [0.29, 0.717) is 51.7 Å². The Morgan fingerprint density at radius 2 is 1.90 bits per heavy atom. The molecule has 1 saturated heterocycles. The van der Waals surface area contributed by atoms with Gasteiger partial charge in [-0.05, 0) is 87.3 Å². The average Bonchev–Trinajstić information content (AvgIpc) is 3.88. The maximum Gasteiger partial charge on any atom is 0.407 e. The third kappa shape index (κ3) is 10.1. The quantitative estimate of drug-likeness (QED) is 0.216. The van der Waals surface area contributed by atoms with E-state index in [9.17, 15) is 32.4 Å². The largest absolute Gasteiger partial charge is 0.449 e. The Hall–Kier alpha value is -4.42. The first-order valence-corrected chi connectivity index (χ1v) is 19.0. The number of carbonyl (C=O) groups is 5. The summed E-state index contributed by atoms with van der Waals surface area (Å²) in [5.41, 5.74) is 2.30. The van der Waals surface area contributed by atoms with Gasteiger partial charge in [0.15, 0.2) is 0 Å². The third-order valence-electron chi connectivity index (χ3n) is 10.00. The maximum atomic E-state index is 13.2. The first kappa shape index (κ1) is 37.8. The summed E-state index contributed by atoms with van der Waals surface area (Å²) in [5.74, 6) is -0.103. The molecule has 2 aliphatic heterocycles. The molecule has 15 heteroatoms. The van der Waals surface area contributed by atoms with E-state index in [4.69, 9.17) is 15.3 Å². The van der Waals surface area contributed by atoms with E-state index in [1.807, 2.05) is 22.9 Å².